The lowest BCUT2D eigenvalue weighted by Crippen LogP contribution is -2.25. The normalized spacial score (nSPS) is 25.6. The molecule has 0 spiro atoms. The summed E-state index contributed by atoms with van der Waals surface area (Å²) in [5.74, 6) is 4.49. The van der Waals surface area contributed by atoms with Gasteiger partial charge in [-0.3, -0.25) is 0 Å². The zero-order valence-electron chi connectivity index (χ0n) is 16.6. The van der Waals surface area contributed by atoms with Crippen LogP contribution in [-0.4, -0.2) is 25.8 Å². The Bertz CT molecular complexity index is 847. The Kier molecular flexibility index (Phi) is 5.18. The monoisotopic (exact) mass is 390 g/mol. The fourth-order valence-corrected chi connectivity index (χ4v) is 4.46. The van der Waals surface area contributed by atoms with Gasteiger partial charge in [-0.25, -0.2) is 0 Å². The van der Waals surface area contributed by atoms with Crippen molar-refractivity contribution in [2.75, 3.05) is 13.2 Å². The number of benzene rings is 2. The zero-order valence-corrected chi connectivity index (χ0v) is 16.6. The van der Waals surface area contributed by atoms with Crippen molar-refractivity contribution in [2.24, 2.45) is 0 Å². The Hall–Kier alpha value is -2.48. The number of rotatable bonds is 4. The highest BCUT2D eigenvalue weighted by Crippen LogP contribution is 2.47. The molecule has 0 amide bonds. The van der Waals surface area contributed by atoms with Crippen LogP contribution in [0.4, 0.5) is 0 Å². The number of hydrogen-bond donors (Lipinski definition) is 0. The van der Waals surface area contributed by atoms with E-state index >= 15 is 0 Å². The quantitative estimate of drug-likeness (QED) is 0.669. The van der Waals surface area contributed by atoms with Gasteiger partial charge in [-0.15, -0.1) is 6.42 Å². The molecule has 2 saturated heterocycles. The van der Waals surface area contributed by atoms with Crippen LogP contribution in [0.2, 0.25) is 0 Å². The number of ether oxygens (including phenoxy) is 4. The fraction of sp³-hybridized carbons (Fsp3) is 0.440. The van der Waals surface area contributed by atoms with E-state index in [-0.39, 0.29) is 18.5 Å². The van der Waals surface area contributed by atoms with E-state index in [4.69, 9.17) is 25.4 Å². The van der Waals surface area contributed by atoms with E-state index in [9.17, 15) is 0 Å². The number of fused-ring (bicyclic) bond motifs is 3. The molecule has 0 aromatic heterocycles. The second kappa shape index (κ2) is 8.10. The first-order chi connectivity index (χ1) is 14.3. The van der Waals surface area contributed by atoms with Gasteiger partial charge in [0.15, 0.2) is 12.6 Å². The Labute approximate surface area is 172 Å². The lowest BCUT2D eigenvalue weighted by Gasteiger charge is -2.24. The molecular weight excluding hydrogens is 364 g/mol. The minimum Gasteiger partial charge on any atom is -0.465 e. The van der Waals surface area contributed by atoms with Crippen molar-refractivity contribution in [3.05, 3.63) is 47.5 Å². The summed E-state index contributed by atoms with van der Waals surface area (Å²) >= 11 is 0. The van der Waals surface area contributed by atoms with Crippen LogP contribution in [0.15, 0.2) is 36.4 Å². The van der Waals surface area contributed by atoms with Crippen LogP contribution in [0.5, 0.6) is 11.5 Å². The van der Waals surface area contributed by atoms with Gasteiger partial charge in [-0.05, 0) is 72.2 Å². The smallest absolute Gasteiger partial charge is 0.199 e. The second-order valence-corrected chi connectivity index (χ2v) is 7.93. The molecule has 2 aliphatic heterocycles. The van der Waals surface area contributed by atoms with Crippen LogP contribution in [0.1, 0.15) is 55.6 Å². The molecule has 150 valence electrons. The summed E-state index contributed by atoms with van der Waals surface area (Å²) in [5, 5.41) is 0. The maximum Gasteiger partial charge on any atom is 0.199 e. The van der Waals surface area contributed by atoms with Gasteiger partial charge in [0.25, 0.3) is 0 Å². The molecule has 5 rings (SSSR count). The molecule has 2 atom stereocenters. The molecule has 4 heteroatoms. The largest absolute Gasteiger partial charge is 0.465 e. The van der Waals surface area contributed by atoms with E-state index in [1.165, 1.54) is 11.1 Å². The minimum absolute atomic E-state index is 0.105. The van der Waals surface area contributed by atoms with Crippen molar-refractivity contribution in [3.8, 4) is 35.0 Å². The van der Waals surface area contributed by atoms with E-state index in [1.54, 1.807) is 0 Å². The van der Waals surface area contributed by atoms with Gasteiger partial charge in [0.05, 0.1) is 19.1 Å². The van der Waals surface area contributed by atoms with E-state index in [0.29, 0.717) is 0 Å². The molecule has 2 heterocycles. The average molecular weight is 390 g/mol. The first kappa shape index (κ1) is 18.5. The molecule has 2 unspecified atom stereocenters. The first-order valence-electron chi connectivity index (χ1n) is 10.6. The molecule has 2 aromatic rings. The van der Waals surface area contributed by atoms with Crippen LogP contribution in [-0.2, 0) is 9.47 Å². The highest BCUT2D eigenvalue weighted by Gasteiger charge is 2.29. The second-order valence-electron chi connectivity index (χ2n) is 7.93. The van der Waals surface area contributed by atoms with E-state index in [1.807, 2.05) is 12.1 Å². The van der Waals surface area contributed by atoms with Crippen molar-refractivity contribution in [1.82, 2.24) is 0 Å². The van der Waals surface area contributed by atoms with Crippen molar-refractivity contribution < 1.29 is 18.9 Å². The summed E-state index contributed by atoms with van der Waals surface area (Å²) < 4.78 is 23.6. The van der Waals surface area contributed by atoms with Crippen molar-refractivity contribution in [2.45, 2.75) is 57.0 Å². The van der Waals surface area contributed by atoms with Crippen LogP contribution in [0, 0.1) is 12.3 Å². The Balaban J connectivity index is 1.39. The maximum atomic E-state index is 6.06. The predicted octanol–water partition coefficient (Wildman–Crippen LogP) is 5.24. The first-order valence-corrected chi connectivity index (χ1v) is 10.6. The highest BCUT2D eigenvalue weighted by atomic mass is 16.7. The van der Waals surface area contributed by atoms with E-state index in [0.717, 1.165) is 74.4 Å². The summed E-state index contributed by atoms with van der Waals surface area (Å²) in [5.41, 5.74) is 4.56. The maximum absolute atomic E-state index is 6.06. The van der Waals surface area contributed by atoms with Crippen molar-refractivity contribution >= 4 is 0 Å². The van der Waals surface area contributed by atoms with E-state index < -0.39 is 0 Å². The summed E-state index contributed by atoms with van der Waals surface area (Å²) in [6.07, 6.45) is 12.0. The van der Waals surface area contributed by atoms with Crippen LogP contribution < -0.4 is 9.47 Å². The summed E-state index contributed by atoms with van der Waals surface area (Å²) in [7, 11) is 0. The van der Waals surface area contributed by atoms with Gasteiger partial charge in [0.2, 0.25) is 0 Å². The third-order valence-electron chi connectivity index (χ3n) is 5.94. The Morgan fingerprint density at radius 2 is 1.28 bits per heavy atom. The van der Waals surface area contributed by atoms with Gasteiger partial charge < -0.3 is 18.9 Å². The summed E-state index contributed by atoms with van der Waals surface area (Å²) in [6, 6.07) is 12.4. The molecule has 0 bridgehead atoms. The molecule has 0 N–H and O–H groups in total. The average Bonchev–Trinajstić information content (AvgIpc) is 3.07. The van der Waals surface area contributed by atoms with Crippen LogP contribution >= 0.6 is 0 Å². The fourth-order valence-electron chi connectivity index (χ4n) is 4.46. The van der Waals surface area contributed by atoms with Gasteiger partial charge in [0.1, 0.15) is 11.5 Å². The lowest BCUT2D eigenvalue weighted by atomic mass is 9.98. The molecule has 0 saturated carbocycles. The van der Waals surface area contributed by atoms with Gasteiger partial charge in [0, 0.05) is 12.8 Å². The zero-order chi connectivity index (χ0) is 19.6. The third-order valence-corrected chi connectivity index (χ3v) is 5.94. The Morgan fingerprint density at radius 1 is 0.759 bits per heavy atom. The molecule has 4 nitrogen and oxygen atoms in total. The summed E-state index contributed by atoms with van der Waals surface area (Å²) in [4.78, 5) is 0. The SMILES string of the molecule is C#CC1c2cc(OC3CCCCO3)ccc2-c2ccc(OC3CCCCO3)cc21. The topological polar surface area (TPSA) is 36.9 Å². The molecular formula is C25H26O4. The highest BCUT2D eigenvalue weighted by molar-refractivity contribution is 5.81. The number of terminal acetylenes is 1. The third kappa shape index (κ3) is 3.73. The molecule has 2 fully saturated rings. The predicted molar refractivity (Wildman–Crippen MR) is 111 cm³/mol. The molecule has 2 aromatic carbocycles. The van der Waals surface area contributed by atoms with Gasteiger partial charge in [-0.1, -0.05) is 18.1 Å². The van der Waals surface area contributed by atoms with Crippen molar-refractivity contribution in [1.29, 1.82) is 0 Å². The molecule has 29 heavy (non-hydrogen) atoms. The van der Waals surface area contributed by atoms with Gasteiger partial charge in [-0.2, -0.15) is 0 Å². The van der Waals surface area contributed by atoms with Gasteiger partial charge >= 0.3 is 0 Å². The molecule has 3 aliphatic rings. The lowest BCUT2D eigenvalue weighted by molar-refractivity contribution is -0.106. The standard InChI is InChI=1S/C25H26O4/c1-2-19-22-15-17(28-24-7-3-5-13-26-24)9-11-20(22)21-12-10-18(16-23(19)21)29-25-8-4-6-14-27-25/h1,9-12,15-16,19,24-25H,3-8,13-14H2. The van der Waals surface area contributed by atoms with Crippen LogP contribution in [0.3, 0.4) is 0 Å². The number of hydrogen-bond acceptors (Lipinski definition) is 4. The van der Waals surface area contributed by atoms with Crippen LogP contribution in [0.25, 0.3) is 11.1 Å². The van der Waals surface area contributed by atoms with Crippen molar-refractivity contribution in [3.63, 3.8) is 0 Å². The summed E-state index contributed by atoms with van der Waals surface area (Å²) in [6.45, 7) is 1.53. The Morgan fingerprint density at radius 3 is 1.69 bits per heavy atom. The van der Waals surface area contributed by atoms with E-state index in [2.05, 4.69) is 30.2 Å². The molecule has 0 radical (unpaired) electrons. The molecule has 1 aliphatic carbocycles. The minimum atomic E-state index is -0.162.